The second-order valence-corrected chi connectivity index (χ2v) is 5.94. The minimum absolute atomic E-state index is 0.00978. The van der Waals surface area contributed by atoms with Crippen molar-refractivity contribution in [1.82, 2.24) is 4.98 Å². The molecule has 1 fully saturated rings. The van der Waals surface area contributed by atoms with Crippen molar-refractivity contribution in [2.75, 3.05) is 19.0 Å². The van der Waals surface area contributed by atoms with E-state index in [1.807, 2.05) is 18.3 Å². The lowest BCUT2D eigenvalue weighted by Crippen LogP contribution is -2.45. The molecule has 1 aliphatic rings. The number of rotatable bonds is 4. The Kier molecular flexibility index (Phi) is 3.46. The molecular weight excluding hydrogens is 304 g/mol. The average Bonchev–Trinajstić information content (AvgIpc) is 2.39. The average molecular weight is 321 g/mol. The van der Waals surface area contributed by atoms with Crippen molar-refractivity contribution < 1.29 is 4.74 Å². The third kappa shape index (κ3) is 2.35. The highest BCUT2D eigenvalue weighted by Gasteiger charge is 2.36. The molecule has 1 saturated carbocycles. The van der Waals surface area contributed by atoms with Crippen LogP contribution in [0.3, 0.4) is 0 Å². The van der Waals surface area contributed by atoms with E-state index < -0.39 is 0 Å². The lowest BCUT2D eigenvalue weighted by atomic mass is 9.80. The van der Waals surface area contributed by atoms with Crippen LogP contribution in [0.5, 0.6) is 0 Å². The van der Waals surface area contributed by atoms with Gasteiger partial charge >= 0.3 is 0 Å². The van der Waals surface area contributed by atoms with Crippen molar-refractivity contribution in [3.05, 3.63) is 34.9 Å². The Labute approximate surface area is 121 Å². The van der Waals surface area contributed by atoms with Gasteiger partial charge < -0.3 is 10.1 Å². The first-order chi connectivity index (χ1) is 9.24. The molecule has 2 aromatic rings. The van der Waals surface area contributed by atoms with Crippen LogP contribution in [0.2, 0.25) is 0 Å². The van der Waals surface area contributed by atoms with Crippen LogP contribution >= 0.6 is 15.9 Å². The Balaban J connectivity index is 1.87. The van der Waals surface area contributed by atoms with E-state index in [-0.39, 0.29) is 5.60 Å². The van der Waals surface area contributed by atoms with Crippen LogP contribution in [0.15, 0.2) is 34.9 Å². The molecule has 100 valence electrons. The summed E-state index contributed by atoms with van der Waals surface area (Å²) < 4.78 is 6.73. The highest BCUT2D eigenvalue weighted by Crippen LogP contribution is 2.35. The van der Waals surface area contributed by atoms with Gasteiger partial charge in [-0.25, -0.2) is 4.98 Å². The Bertz CT molecular complexity index is 590. The van der Waals surface area contributed by atoms with Crippen molar-refractivity contribution in [3.8, 4) is 0 Å². The summed E-state index contributed by atoms with van der Waals surface area (Å²) in [5.41, 5.74) is 0.00978. The molecule has 0 amide bonds. The highest BCUT2D eigenvalue weighted by molar-refractivity contribution is 9.10. The van der Waals surface area contributed by atoms with Gasteiger partial charge in [0.15, 0.2) is 0 Å². The summed E-state index contributed by atoms with van der Waals surface area (Å²) in [5, 5.41) is 5.77. The van der Waals surface area contributed by atoms with Crippen LogP contribution in [0.25, 0.3) is 10.8 Å². The monoisotopic (exact) mass is 320 g/mol. The molecule has 3 nitrogen and oxygen atoms in total. The molecule has 0 atom stereocenters. The third-order valence-electron chi connectivity index (χ3n) is 4.03. The third-order valence-corrected chi connectivity index (χ3v) is 4.72. The number of ether oxygens (including phenoxy) is 1. The van der Waals surface area contributed by atoms with Crippen LogP contribution < -0.4 is 5.32 Å². The largest absolute Gasteiger partial charge is 0.376 e. The summed E-state index contributed by atoms with van der Waals surface area (Å²) in [6.07, 6.45) is 5.36. The number of aromatic nitrogens is 1. The van der Waals surface area contributed by atoms with Crippen molar-refractivity contribution in [1.29, 1.82) is 0 Å². The summed E-state index contributed by atoms with van der Waals surface area (Å²) in [7, 11) is 1.80. The molecule has 0 aliphatic heterocycles. The maximum Gasteiger partial charge on any atom is 0.133 e. The minimum atomic E-state index is 0.00978. The quantitative estimate of drug-likeness (QED) is 0.925. The van der Waals surface area contributed by atoms with E-state index in [1.54, 1.807) is 7.11 Å². The SMILES string of the molecule is COC1(CNc2nccc3c(Br)cccc23)CCC1. The molecule has 19 heavy (non-hydrogen) atoms. The number of hydrogen-bond donors (Lipinski definition) is 1. The summed E-state index contributed by atoms with van der Waals surface area (Å²) in [5.74, 6) is 0.933. The number of hydrogen-bond acceptors (Lipinski definition) is 3. The molecule has 0 radical (unpaired) electrons. The Morgan fingerprint density at radius 2 is 2.16 bits per heavy atom. The zero-order chi connectivity index (χ0) is 13.3. The topological polar surface area (TPSA) is 34.1 Å². The van der Waals surface area contributed by atoms with Gasteiger partial charge in [-0.05, 0) is 31.4 Å². The molecule has 1 aliphatic carbocycles. The van der Waals surface area contributed by atoms with Crippen LogP contribution in [0, 0.1) is 0 Å². The molecule has 1 aromatic heterocycles. The number of fused-ring (bicyclic) bond motifs is 1. The molecule has 1 heterocycles. The van der Waals surface area contributed by atoms with Crippen LogP contribution in [0.4, 0.5) is 5.82 Å². The maximum atomic E-state index is 5.63. The second-order valence-electron chi connectivity index (χ2n) is 5.09. The number of halogens is 1. The van der Waals surface area contributed by atoms with Gasteiger partial charge in [0.25, 0.3) is 0 Å². The Morgan fingerprint density at radius 3 is 2.84 bits per heavy atom. The number of benzene rings is 1. The van der Waals surface area contributed by atoms with E-state index in [0.29, 0.717) is 0 Å². The molecule has 1 aromatic carbocycles. The number of methoxy groups -OCH3 is 1. The lowest BCUT2D eigenvalue weighted by Gasteiger charge is -2.40. The second kappa shape index (κ2) is 5.10. The number of nitrogens with one attached hydrogen (secondary N) is 1. The van der Waals surface area contributed by atoms with Gasteiger partial charge in [-0.2, -0.15) is 0 Å². The standard InChI is InChI=1S/C15H17BrN2O/c1-19-15(7-3-8-15)10-18-14-12-4-2-5-13(16)11(12)6-9-17-14/h2,4-6,9H,3,7-8,10H2,1H3,(H,17,18). The van der Waals surface area contributed by atoms with Crippen LogP contribution in [-0.4, -0.2) is 24.2 Å². The predicted molar refractivity (Wildman–Crippen MR) is 81.5 cm³/mol. The van der Waals surface area contributed by atoms with Gasteiger partial charge in [0.1, 0.15) is 5.82 Å². The molecule has 3 rings (SSSR count). The normalized spacial score (nSPS) is 17.2. The smallest absolute Gasteiger partial charge is 0.133 e. The van der Waals surface area contributed by atoms with Crippen molar-refractivity contribution in [2.24, 2.45) is 0 Å². The fraction of sp³-hybridized carbons (Fsp3) is 0.400. The summed E-state index contributed by atoms with van der Waals surface area (Å²) >= 11 is 3.58. The van der Waals surface area contributed by atoms with Gasteiger partial charge in [0.05, 0.1) is 5.60 Å². The van der Waals surface area contributed by atoms with E-state index in [1.165, 1.54) is 11.8 Å². The Hall–Kier alpha value is -1.13. The number of nitrogens with zero attached hydrogens (tertiary/aromatic N) is 1. The van der Waals surface area contributed by atoms with Gasteiger partial charge in [-0.1, -0.05) is 28.1 Å². The first-order valence-corrected chi connectivity index (χ1v) is 7.36. The van der Waals surface area contributed by atoms with E-state index in [9.17, 15) is 0 Å². The van der Waals surface area contributed by atoms with Crippen molar-refractivity contribution in [3.63, 3.8) is 0 Å². The summed E-state index contributed by atoms with van der Waals surface area (Å²) in [6.45, 7) is 0.822. The fourth-order valence-electron chi connectivity index (χ4n) is 2.58. The molecule has 0 saturated heterocycles. The molecule has 0 bridgehead atoms. The van der Waals surface area contributed by atoms with Crippen LogP contribution in [0.1, 0.15) is 19.3 Å². The first kappa shape index (κ1) is 12.9. The molecule has 0 unspecified atom stereocenters. The van der Waals surface area contributed by atoms with Gasteiger partial charge in [-0.3, -0.25) is 0 Å². The number of pyridine rings is 1. The first-order valence-electron chi connectivity index (χ1n) is 6.56. The fourth-order valence-corrected chi connectivity index (χ4v) is 3.08. The number of anilines is 1. The van der Waals surface area contributed by atoms with E-state index in [4.69, 9.17) is 4.74 Å². The summed E-state index contributed by atoms with van der Waals surface area (Å²) in [4.78, 5) is 4.46. The zero-order valence-electron chi connectivity index (χ0n) is 10.9. The Morgan fingerprint density at radius 1 is 1.32 bits per heavy atom. The van der Waals surface area contributed by atoms with Gasteiger partial charge in [-0.15, -0.1) is 0 Å². The van der Waals surface area contributed by atoms with Crippen molar-refractivity contribution in [2.45, 2.75) is 24.9 Å². The van der Waals surface area contributed by atoms with Gasteiger partial charge in [0.2, 0.25) is 0 Å². The molecule has 1 N–H and O–H groups in total. The summed E-state index contributed by atoms with van der Waals surface area (Å²) in [6, 6.07) is 8.21. The lowest BCUT2D eigenvalue weighted by molar-refractivity contribution is -0.0601. The minimum Gasteiger partial charge on any atom is -0.376 e. The zero-order valence-corrected chi connectivity index (χ0v) is 12.5. The van der Waals surface area contributed by atoms with E-state index in [0.717, 1.165) is 35.1 Å². The highest BCUT2D eigenvalue weighted by atomic mass is 79.9. The molecular formula is C15H17BrN2O. The predicted octanol–water partition coefficient (Wildman–Crippen LogP) is 3.98. The van der Waals surface area contributed by atoms with Crippen molar-refractivity contribution >= 4 is 32.5 Å². The van der Waals surface area contributed by atoms with E-state index in [2.05, 4.69) is 38.4 Å². The van der Waals surface area contributed by atoms with Crippen LogP contribution in [-0.2, 0) is 4.74 Å². The maximum absolute atomic E-state index is 5.63. The molecule has 0 spiro atoms. The van der Waals surface area contributed by atoms with E-state index >= 15 is 0 Å². The molecule has 4 heteroatoms. The van der Waals surface area contributed by atoms with Gasteiger partial charge in [0, 0.05) is 35.1 Å².